The number of hydrogen-bond donors (Lipinski definition) is 1. The number of ether oxygens (including phenoxy) is 1. The number of aromatic nitrogens is 1. The van der Waals surface area contributed by atoms with Gasteiger partial charge < -0.3 is 10.1 Å². The normalized spacial score (nSPS) is 17.4. The molecule has 2 aromatic rings. The van der Waals surface area contributed by atoms with E-state index in [-0.39, 0.29) is 17.4 Å². The Morgan fingerprint density at radius 2 is 1.88 bits per heavy atom. The molecule has 1 atom stereocenters. The number of hydrogen-bond acceptors (Lipinski definition) is 4. The van der Waals surface area contributed by atoms with Crippen molar-refractivity contribution in [2.45, 2.75) is 25.4 Å². The third-order valence-corrected chi connectivity index (χ3v) is 4.78. The maximum absolute atomic E-state index is 13.3. The van der Waals surface area contributed by atoms with E-state index in [9.17, 15) is 4.39 Å². The number of pyridine rings is 1. The van der Waals surface area contributed by atoms with Crippen molar-refractivity contribution in [3.8, 4) is 0 Å². The second-order valence-corrected chi connectivity index (χ2v) is 7.04. The van der Waals surface area contributed by atoms with E-state index in [1.54, 1.807) is 6.07 Å². The lowest BCUT2D eigenvalue weighted by atomic mass is 9.98. The second-order valence-electron chi connectivity index (χ2n) is 7.04. The number of morpholine rings is 1. The number of nitrogens with one attached hydrogen (secondary N) is 1. The summed E-state index contributed by atoms with van der Waals surface area (Å²) in [4.78, 5) is 6.75. The Kier molecular flexibility index (Phi) is 5.78. The molecule has 25 heavy (non-hydrogen) atoms. The van der Waals surface area contributed by atoms with E-state index < -0.39 is 0 Å². The Balaban J connectivity index is 1.77. The van der Waals surface area contributed by atoms with E-state index in [0.29, 0.717) is 0 Å². The maximum Gasteiger partial charge on any atom is 0.141 e. The van der Waals surface area contributed by atoms with Crippen molar-refractivity contribution in [3.05, 3.63) is 65.7 Å². The zero-order valence-electron chi connectivity index (χ0n) is 14.9. The Morgan fingerprint density at radius 3 is 2.52 bits per heavy atom. The molecule has 1 aromatic carbocycles. The van der Waals surface area contributed by atoms with Gasteiger partial charge >= 0.3 is 0 Å². The Morgan fingerprint density at radius 1 is 1.16 bits per heavy atom. The van der Waals surface area contributed by atoms with Crippen LogP contribution in [0.4, 0.5) is 4.39 Å². The summed E-state index contributed by atoms with van der Waals surface area (Å²) in [7, 11) is 0. The first-order valence-corrected chi connectivity index (χ1v) is 8.79. The molecule has 3 rings (SSSR count). The maximum atomic E-state index is 13.3. The first-order chi connectivity index (χ1) is 12.1. The van der Waals surface area contributed by atoms with Crippen LogP contribution < -0.4 is 5.32 Å². The van der Waals surface area contributed by atoms with Gasteiger partial charge in [-0.1, -0.05) is 30.3 Å². The number of benzene rings is 1. The molecule has 134 valence electrons. The van der Waals surface area contributed by atoms with E-state index in [0.717, 1.165) is 44.1 Å². The number of rotatable bonds is 6. The van der Waals surface area contributed by atoms with Gasteiger partial charge in [0.05, 0.1) is 31.1 Å². The summed E-state index contributed by atoms with van der Waals surface area (Å²) < 4.78 is 18.7. The molecule has 0 amide bonds. The largest absolute Gasteiger partial charge is 0.379 e. The van der Waals surface area contributed by atoms with Crippen molar-refractivity contribution in [1.29, 1.82) is 0 Å². The summed E-state index contributed by atoms with van der Waals surface area (Å²) in [5, 5.41) is 3.64. The molecule has 1 saturated heterocycles. The smallest absolute Gasteiger partial charge is 0.141 e. The van der Waals surface area contributed by atoms with Crippen LogP contribution in [0.1, 0.15) is 31.1 Å². The summed E-state index contributed by atoms with van der Waals surface area (Å²) >= 11 is 0. The number of nitrogens with zero attached hydrogens (tertiary/aromatic N) is 2. The highest BCUT2D eigenvalue weighted by atomic mass is 19.1. The molecule has 5 heteroatoms. The standard InChI is InChI=1S/C20H26FN3O/c1-20(2,24-10-12-25-13-11-24)15-23-19(16-6-4-3-5-7-16)18-9-8-17(21)14-22-18/h3-9,14,19,23H,10-13,15H2,1-2H3. The first kappa shape index (κ1) is 18.0. The predicted octanol–water partition coefficient (Wildman–Crippen LogP) is 3.01. The molecule has 1 unspecified atom stereocenters. The second kappa shape index (κ2) is 8.04. The van der Waals surface area contributed by atoms with Crippen molar-refractivity contribution in [3.63, 3.8) is 0 Å². The molecule has 0 aliphatic carbocycles. The van der Waals surface area contributed by atoms with Gasteiger partial charge in [-0.25, -0.2) is 4.39 Å². The molecule has 0 spiro atoms. The molecule has 0 saturated carbocycles. The van der Waals surface area contributed by atoms with Crippen LogP contribution in [0.2, 0.25) is 0 Å². The van der Waals surface area contributed by atoms with Crippen molar-refractivity contribution < 1.29 is 9.13 Å². The van der Waals surface area contributed by atoms with Crippen molar-refractivity contribution in [2.24, 2.45) is 0 Å². The van der Waals surface area contributed by atoms with E-state index in [2.05, 4.69) is 41.2 Å². The van der Waals surface area contributed by atoms with Crippen LogP contribution in [0.15, 0.2) is 48.7 Å². The van der Waals surface area contributed by atoms with Crippen LogP contribution in [0.25, 0.3) is 0 Å². The van der Waals surface area contributed by atoms with E-state index in [1.807, 2.05) is 18.2 Å². The van der Waals surface area contributed by atoms with Gasteiger partial charge in [-0.05, 0) is 31.5 Å². The highest BCUT2D eigenvalue weighted by Gasteiger charge is 2.29. The fourth-order valence-corrected chi connectivity index (χ4v) is 3.23. The van der Waals surface area contributed by atoms with Crippen LogP contribution in [0.5, 0.6) is 0 Å². The van der Waals surface area contributed by atoms with Gasteiger partial charge in [-0.2, -0.15) is 0 Å². The lowest BCUT2D eigenvalue weighted by Crippen LogP contribution is -2.55. The highest BCUT2D eigenvalue weighted by Crippen LogP contribution is 2.23. The van der Waals surface area contributed by atoms with Crippen molar-refractivity contribution >= 4 is 0 Å². The molecule has 0 radical (unpaired) electrons. The summed E-state index contributed by atoms with van der Waals surface area (Å²) in [5.41, 5.74) is 1.95. The van der Waals surface area contributed by atoms with Crippen LogP contribution >= 0.6 is 0 Å². The Labute approximate surface area is 149 Å². The molecule has 1 aromatic heterocycles. The lowest BCUT2D eigenvalue weighted by molar-refractivity contribution is -0.0101. The molecule has 1 aliphatic heterocycles. The predicted molar refractivity (Wildman–Crippen MR) is 97.0 cm³/mol. The molecule has 1 fully saturated rings. The van der Waals surface area contributed by atoms with E-state index in [1.165, 1.54) is 12.3 Å². The quantitative estimate of drug-likeness (QED) is 0.875. The molecule has 1 N–H and O–H groups in total. The molecular formula is C20H26FN3O. The molecule has 1 aliphatic rings. The minimum absolute atomic E-state index is 0.00313. The summed E-state index contributed by atoms with van der Waals surface area (Å²) in [6, 6.07) is 13.3. The molecule has 0 bridgehead atoms. The Hall–Kier alpha value is -1.82. The van der Waals surface area contributed by atoms with Gasteiger partial charge in [-0.3, -0.25) is 9.88 Å². The van der Waals surface area contributed by atoms with Crippen molar-refractivity contribution in [2.75, 3.05) is 32.8 Å². The SMILES string of the molecule is CC(C)(CNC(c1ccccc1)c1ccc(F)cn1)N1CCOCC1. The molecule has 4 nitrogen and oxygen atoms in total. The fraction of sp³-hybridized carbons (Fsp3) is 0.450. The average Bonchev–Trinajstić information content (AvgIpc) is 2.65. The first-order valence-electron chi connectivity index (χ1n) is 8.79. The van der Waals surface area contributed by atoms with Gasteiger partial charge in [0, 0.05) is 25.2 Å². The summed E-state index contributed by atoms with van der Waals surface area (Å²) in [5.74, 6) is -0.316. The van der Waals surface area contributed by atoms with Crippen molar-refractivity contribution in [1.82, 2.24) is 15.2 Å². The summed E-state index contributed by atoms with van der Waals surface area (Å²) in [6.45, 7) is 8.73. The van der Waals surface area contributed by atoms with Crippen LogP contribution in [0.3, 0.4) is 0 Å². The van der Waals surface area contributed by atoms with Gasteiger partial charge in [0.15, 0.2) is 0 Å². The minimum Gasteiger partial charge on any atom is -0.379 e. The van der Waals surface area contributed by atoms with Crippen LogP contribution in [-0.2, 0) is 4.74 Å². The average molecular weight is 343 g/mol. The van der Waals surface area contributed by atoms with Gasteiger partial charge in [0.25, 0.3) is 0 Å². The topological polar surface area (TPSA) is 37.4 Å². The lowest BCUT2D eigenvalue weighted by Gasteiger charge is -2.41. The van der Waals surface area contributed by atoms with Crippen LogP contribution in [-0.4, -0.2) is 48.3 Å². The Bertz CT molecular complexity index is 654. The molecular weight excluding hydrogens is 317 g/mol. The van der Waals surface area contributed by atoms with Crippen LogP contribution in [0, 0.1) is 5.82 Å². The van der Waals surface area contributed by atoms with Gasteiger partial charge in [-0.15, -0.1) is 0 Å². The van der Waals surface area contributed by atoms with Gasteiger partial charge in [0.1, 0.15) is 5.82 Å². The van der Waals surface area contributed by atoms with E-state index in [4.69, 9.17) is 4.74 Å². The third-order valence-electron chi connectivity index (χ3n) is 4.78. The molecule has 2 heterocycles. The monoisotopic (exact) mass is 343 g/mol. The highest BCUT2D eigenvalue weighted by molar-refractivity contribution is 5.27. The fourth-order valence-electron chi connectivity index (χ4n) is 3.23. The number of halogens is 1. The van der Waals surface area contributed by atoms with Gasteiger partial charge in [0.2, 0.25) is 0 Å². The summed E-state index contributed by atoms with van der Waals surface area (Å²) in [6.07, 6.45) is 1.28. The van der Waals surface area contributed by atoms with E-state index >= 15 is 0 Å². The third kappa shape index (κ3) is 4.63. The minimum atomic E-state index is -0.316. The zero-order chi connectivity index (χ0) is 17.7. The zero-order valence-corrected chi connectivity index (χ0v) is 14.9.